The van der Waals surface area contributed by atoms with Crippen LogP contribution in [0.5, 0.6) is 0 Å². The maximum absolute atomic E-state index is 12.5. The third-order valence-electron chi connectivity index (χ3n) is 3.36. The van der Waals surface area contributed by atoms with Crippen LogP contribution in [0.4, 0.5) is 19.0 Å². The van der Waals surface area contributed by atoms with Crippen LogP contribution in [-0.4, -0.2) is 16.7 Å². The van der Waals surface area contributed by atoms with E-state index < -0.39 is 11.9 Å². The average Bonchev–Trinajstić information content (AvgIpc) is 3.08. The third kappa shape index (κ3) is 2.49. The second-order valence-electron chi connectivity index (χ2n) is 4.64. The van der Waals surface area contributed by atoms with Gasteiger partial charge in [-0.3, -0.25) is 0 Å². The van der Waals surface area contributed by atoms with Gasteiger partial charge in [0.1, 0.15) is 0 Å². The van der Waals surface area contributed by atoms with Gasteiger partial charge < -0.3 is 4.90 Å². The van der Waals surface area contributed by atoms with Crippen LogP contribution >= 0.6 is 11.3 Å². The van der Waals surface area contributed by atoms with E-state index in [2.05, 4.69) is 10.2 Å². The summed E-state index contributed by atoms with van der Waals surface area (Å²) in [6.45, 7) is 0.794. The normalized spacial score (nSPS) is 19.6. The monoisotopic (exact) mass is 299 g/mol. The van der Waals surface area contributed by atoms with Crippen molar-refractivity contribution in [3.63, 3.8) is 0 Å². The number of nitrogens with zero attached hydrogens (tertiary/aromatic N) is 3. The first kappa shape index (κ1) is 13.4. The molecule has 0 bridgehead atoms. The van der Waals surface area contributed by atoms with Crippen LogP contribution in [0.15, 0.2) is 29.6 Å². The summed E-state index contributed by atoms with van der Waals surface area (Å²) in [6, 6.07) is 6.62. The molecule has 0 unspecified atom stereocenters. The van der Waals surface area contributed by atoms with Crippen molar-refractivity contribution in [3.8, 4) is 0 Å². The zero-order valence-corrected chi connectivity index (χ0v) is 11.3. The highest BCUT2D eigenvalue weighted by Gasteiger charge is 2.34. The molecule has 1 atom stereocenters. The Kier molecular flexibility index (Phi) is 3.37. The summed E-state index contributed by atoms with van der Waals surface area (Å²) >= 11 is 1.66. The highest BCUT2D eigenvalue weighted by atomic mass is 32.1. The Morgan fingerprint density at radius 3 is 2.65 bits per heavy atom. The fourth-order valence-electron chi connectivity index (χ4n) is 2.45. The summed E-state index contributed by atoms with van der Waals surface area (Å²) < 4.78 is 37.4. The molecule has 3 nitrogen and oxygen atoms in total. The highest BCUT2D eigenvalue weighted by Crippen LogP contribution is 2.37. The molecule has 0 amide bonds. The Bertz CT molecular complexity index is 566. The van der Waals surface area contributed by atoms with Crippen LogP contribution in [0, 0.1) is 0 Å². The Balaban J connectivity index is 1.85. The summed E-state index contributed by atoms with van der Waals surface area (Å²) in [5, 5.41) is 9.05. The Hall–Kier alpha value is -1.63. The van der Waals surface area contributed by atoms with Crippen LogP contribution in [-0.2, 0) is 6.18 Å². The molecule has 0 aliphatic carbocycles. The van der Waals surface area contributed by atoms with Gasteiger partial charge in [0.15, 0.2) is 11.5 Å². The maximum Gasteiger partial charge on any atom is 0.435 e. The fraction of sp³-hybridized carbons (Fsp3) is 0.385. The molecule has 1 fully saturated rings. The van der Waals surface area contributed by atoms with Crippen molar-refractivity contribution in [2.24, 2.45) is 0 Å². The van der Waals surface area contributed by atoms with Gasteiger partial charge in [0.25, 0.3) is 0 Å². The Morgan fingerprint density at radius 2 is 2.05 bits per heavy atom. The van der Waals surface area contributed by atoms with E-state index >= 15 is 0 Å². The zero-order valence-electron chi connectivity index (χ0n) is 10.5. The summed E-state index contributed by atoms with van der Waals surface area (Å²) in [4.78, 5) is 3.24. The van der Waals surface area contributed by atoms with E-state index in [0.29, 0.717) is 5.82 Å². The summed E-state index contributed by atoms with van der Waals surface area (Å²) in [5.41, 5.74) is -0.951. The minimum atomic E-state index is -4.44. The van der Waals surface area contributed by atoms with E-state index in [1.165, 1.54) is 10.9 Å². The van der Waals surface area contributed by atoms with Gasteiger partial charge in [-0.1, -0.05) is 6.07 Å². The SMILES string of the molecule is FC(F)(F)c1ccc(N2CCC[C@H]2c2cccs2)nn1. The molecule has 0 N–H and O–H groups in total. The van der Waals surface area contributed by atoms with Crippen LogP contribution in [0.2, 0.25) is 0 Å². The molecule has 1 aliphatic rings. The number of alkyl halides is 3. The first-order chi connectivity index (χ1) is 9.55. The largest absolute Gasteiger partial charge is 0.435 e. The molecule has 7 heteroatoms. The quantitative estimate of drug-likeness (QED) is 0.842. The highest BCUT2D eigenvalue weighted by molar-refractivity contribution is 7.10. The zero-order chi connectivity index (χ0) is 14.2. The van der Waals surface area contributed by atoms with Crippen LogP contribution in [0.25, 0.3) is 0 Å². The van der Waals surface area contributed by atoms with E-state index in [9.17, 15) is 13.2 Å². The smallest absolute Gasteiger partial charge is 0.347 e. The first-order valence-electron chi connectivity index (χ1n) is 6.26. The van der Waals surface area contributed by atoms with Crippen molar-refractivity contribution in [3.05, 3.63) is 40.2 Å². The van der Waals surface area contributed by atoms with E-state index in [-0.39, 0.29) is 6.04 Å². The topological polar surface area (TPSA) is 29.0 Å². The van der Waals surface area contributed by atoms with Gasteiger partial charge in [0.2, 0.25) is 0 Å². The van der Waals surface area contributed by atoms with Crippen molar-refractivity contribution in [1.82, 2.24) is 10.2 Å². The molecule has 0 spiro atoms. The van der Waals surface area contributed by atoms with Gasteiger partial charge in [0.05, 0.1) is 6.04 Å². The lowest BCUT2D eigenvalue weighted by molar-refractivity contribution is -0.141. The minimum Gasteiger partial charge on any atom is -0.347 e. The second kappa shape index (κ2) is 5.05. The summed E-state index contributed by atoms with van der Waals surface area (Å²) in [6.07, 6.45) is -2.45. The molecule has 0 radical (unpaired) electrons. The van der Waals surface area contributed by atoms with Gasteiger partial charge in [-0.25, -0.2) is 0 Å². The number of hydrogen-bond donors (Lipinski definition) is 0. The molecule has 1 aliphatic heterocycles. The fourth-order valence-corrected chi connectivity index (χ4v) is 3.32. The molecule has 1 saturated heterocycles. The number of halogens is 3. The molecular formula is C13H12F3N3S. The molecule has 3 heterocycles. The molecule has 20 heavy (non-hydrogen) atoms. The average molecular weight is 299 g/mol. The third-order valence-corrected chi connectivity index (χ3v) is 4.33. The van der Waals surface area contributed by atoms with Crippen molar-refractivity contribution in [1.29, 1.82) is 0 Å². The van der Waals surface area contributed by atoms with Gasteiger partial charge in [-0.15, -0.1) is 21.5 Å². The molecule has 2 aromatic heterocycles. The number of aromatic nitrogens is 2. The first-order valence-corrected chi connectivity index (χ1v) is 7.14. The lowest BCUT2D eigenvalue weighted by Gasteiger charge is -2.24. The van der Waals surface area contributed by atoms with Crippen molar-refractivity contribution in [2.75, 3.05) is 11.4 Å². The standard InChI is InChI=1S/C13H12F3N3S/c14-13(15,16)11-5-6-12(18-17-11)19-7-1-3-9(19)10-4-2-8-20-10/h2,4-6,8-9H,1,3,7H2/t9-/m0/s1. The Labute approximate surface area is 118 Å². The number of anilines is 1. The maximum atomic E-state index is 12.5. The van der Waals surface area contributed by atoms with Crippen molar-refractivity contribution >= 4 is 17.2 Å². The number of hydrogen-bond acceptors (Lipinski definition) is 4. The summed E-state index contributed by atoms with van der Waals surface area (Å²) in [5.74, 6) is 0.508. The van der Waals surface area contributed by atoms with Gasteiger partial charge in [-0.05, 0) is 36.4 Å². The predicted molar refractivity (Wildman–Crippen MR) is 70.7 cm³/mol. The van der Waals surface area contributed by atoms with E-state index in [0.717, 1.165) is 25.5 Å². The minimum absolute atomic E-state index is 0.195. The van der Waals surface area contributed by atoms with Gasteiger partial charge in [0, 0.05) is 11.4 Å². The van der Waals surface area contributed by atoms with Crippen LogP contribution in [0.1, 0.15) is 29.5 Å². The van der Waals surface area contributed by atoms with E-state index in [1.807, 2.05) is 22.4 Å². The van der Waals surface area contributed by atoms with Gasteiger partial charge in [-0.2, -0.15) is 13.2 Å². The molecule has 106 valence electrons. The molecule has 0 aromatic carbocycles. The van der Waals surface area contributed by atoms with Crippen molar-refractivity contribution < 1.29 is 13.2 Å². The van der Waals surface area contributed by atoms with Crippen LogP contribution < -0.4 is 4.90 Å². The molecule has 3 rings (SSSR count). The lowest BCUT2D eigenvalue weighted by Crippen LogP contribution is -2.23. The van der Waals surface area contributed by atoms with Crippen molar-refractivity contribution in [2.45, 2.75) is 25.1 Å². The molecular weight excluding hydrogens is 287 g/mol. The van der Waals surface area contributed by atoms with E-state index in [1.54, 1.807) is 11.3 Å². The van der Waals surface area contributed by atoms with Crippen LogP contribution in [0.3, 0.4) is 0 Å². The Morgan fingerprint density at radius 1 is 1.20 bits per heavy atom. The molecule has 2 aromatic rings. The van der Waals surface area contributed by atoms with Gasteiger partial charge >= 0.3 is 6.18 Å². The number of thiophene rings is 1. The lowest BCUT2D eigenvalue weighted by atomic mass is 10.2. The van der Waals surface area contributed by atoms with E-state index in [4.69, 9.17) is 0 Å². The summed E-state index contributed by atoms with van der Waals surface area (Å²) in [7, 11) is 0. The number of rotatable bonds is 2. The predicted octanol–water partition coefficient (Wildman–Crippen LogP) is 3.90. The second-order valence-corrected chi connectivity index (χ2v) is 5.62. The molecule has 0 saturated carbocycles.